The third kappa shape index (κ3) is 7.13. The maximum atomic E-state index is 13.7. The molecule has 1 unspecified atom stereocenters. The van der Waals surface area contributed by atoms with E-state index >= 15 is 0 Å². The number of ketones is 1. The van der Waals surface area contributed by atoms with Gasteiger partial charge in [0.2, 0.25) is 12.2 Å². The van der Waals surface area contributed by atoms with Crippen LogP contribution in [0.25, 0.3) is 0 Å². The molecule has 196 valence electrons. The molecule has 36 heavy (non-hydrogen) atoms. The van der Waals surface area contributed by atoms with Gasteiger partial charge in [0.25, 0.3) is 17.0 Å². The first-order chi connectivity index (χ1) is 17.3. The van der Waals surface area contributed by atoms with Crippen LogP contribution in [0.1, 0.15) is 73.4 Å². The van der Waals surface area contributed by atoms with E-state index in [-0.39, 0.29) is 17.7 Å². The molecule has 10 nitrogen and oxygen atoms in total. The highest BCUT2D eigenvalue weighted by atomic mass is 32.2. The summed E-state index contributed by atoms with van der Waals surface area (Å²) in [5.41, 5.74) is -0.595. The third-order valence-electron chi connectivity index (χ3n) is 6.27. The molecule has 0 spiro atoms. The summed E-state index contributed by atoms with van der Waals surface area (Å²) in [7, 11) is 3.95. The van der Waals surface area contributed by atoms with Crippen LogP contribution in [0.3, 0.4) is 0 Å². The number of amides is 2. The highest BCUT2D eigenvalue weighted by Crippen LogP contribution is 2.34. The Bertz CT molecular complexity index is 1010. The number of thioether (sulfide) groups is 1. The van der Waals surface area contributed by atoms with Crippen LogP contribution in [0.4, 0.5) is 0 Å². The van der Waals surface area contributed by atoms with E-state index < -0.39 is 17.5 Å². The Balaban J connectivity index is 1.89. The van der Waals surface area contributed by atoms with Gasteiger partial charge in [-0.25, -0.2) is 0 Å². The standard InChI is InChI=1S/C25H36N6O4S/c1-18(2)15-20(21(33)23-28-29-24(35-23)36-14-13-30(3)4)31(17-32)25(10-6-5-7-11-25)27-22(34)19-9-8-12-26-16-19/h8-9,12,16-18,20H,5-7,10-11,13-15H2,1-4H3,(H,27,34). The minimum atomic E-state index is -0.995. The Morgan fingerprint density at radius 1 is 1.22 bits per heavy atom. The number of nitrogens with zero attached hydrogens (tertiary/aromatic N) is 5. The second-order valence-corrected chi connectivity index (χ2v) is 10.9. The molecule has 2 aromatic rings. The molecule has 0 aliphatic heterocycles. The van der Waals surface area contributed by atoms with E-state index in [2.05, 4.69) is 20.5 Å². The molecule has 0 radical (unpaired) electrons. The van der Waals surface area contributed by atoms with E-state index in [1.54, 1.807) is 18.3 Å². The summed E-state index contributed by atoms with van der Waals surface area (Å²) in [6.45, 7) is 4.80. The van der Waals surface area contributed by atoms with Crippen molar-refractivity contribution in [3.05, 3.63) is 36.0 Å². The van der Waals surface area contributed by atoms with Crippen molar-refractivity contribution in [1.29, 1.82) is 0 Å². The van der Waals surface area contributed by atoms with Crippen molar-refractivity contribution in [3.8, 4) is 0 Å². The quantitative estimate of drug-likeness (QED) is 0.185. The van der Waals surface area contributed by atoms with Gasteiger partial charge in [0.05, 0.1) is 5.56 Å². The molecule has 1 fully saturated rings. The molecule has 11 heteroatoms. The number of nitrogens with one attached hydrogen (secondary N) is 1. The predicted molar refractivity (Wildman–Crippen MR) is 137 cm³/mol. The van der Waals surface area contributed by atoms with Crippen molar-refractivity contribution in [2.24, 2.45) is 5.92 Å². The van der Waals surface area contributed by atoms with Crippen LogP contribution in [-0.4, -0.2) is 81.2 Å². The van der Waals surface area contributed by atoms with Crippen LogP contribution < -0.4 is 5.32 Å². The highest BCUT2D eigenvalue weighted by molar-refractivity contribution is 7.99. The first-order valence-corrected chi connectivity index (χ1v) is 13.4. The largest absolute Gasteiger partial charge is 0.408 e. The zero-order valence-corrected chi connectivity index (χ0v) is 22.3. The van der Waals surface area contributed by atoms with Gasteiger partial charge < -0.3 is 19.5 Å². The lowest BCUT2D eigenvalue weighted by Crippen LogP contribution is -2.65. The summed E-state index contributed by atoms with van der Waals surface area (Å²) < 4.78 is 5.69. The molecule has 3 rings (SSSR count). The number of carbonyl (C=O) groups excluding carboxylic acids is 3. The molecule has 1 aliphatic carbocycles. The zero-order valence-electron chi connectivity index (χ0n) is 21.5. The van der Waals surface area contributed by atoms with Gasteiger partial charge in [-0.15, -0.1) is 10.2 Å². The van der Waals surface area contributed by atoms with E-state index in [1.165, 1.54) is 22.9 Å². The van der Waals surface area contributed by atoms with E-state index in [9.17, 15) is 14.4 Å². The van der Waals surface area contributed by atoms with Crippen LogP contribution in [0.2, 0.25) is 0 Å². The topological polar surface area (TPSA) is 122 Å². The summed E-state index contributed by atoms with van der Waals surface area (Å²) in [5.74, 6) is -0.0204. The number of pyridine rings is 1. The fourth-order valence-corrected chi connectivity index (χ4v) is 5.32. The lowest BCUT2D eigenvalue weighted by atomic mass is 9.84. The van der Waals surface area contributed by atoms with Crippen LogP contribution in [0.15, 0.2) is 34.2 Å². The lowest BCUT2D eigenvalue weighted by molar-refractivity contribution is -0.129. The molecule has 0 bridgehead atoms. The monoisotopic (exact) mass is 516 g/mol. The fourth-order valence-electron chi connectivity index (χ4n) is 4.46. The van der Waals surface area contributed by atoms with Gasteiger partial charge >= 0.3 is 0 Å². The van der Waals surface area contributed by atoms with Gasteiger partial charge in [-0.05, 0) is 64.3 Å². The zero-order chi connectivity index (χ0) is 26.1. The van der Waals surface area contributed by atoms with Crippen LogP contribution in [-0.2, 0) is 4.79 Å². The van der Waals surface area contributed by atoms with Crippen molar-refractivity contribution >= 4 is 29.9 Å². The van der Waals surface area contributed by atoms with Crippen LogP contribution in [0.5, 0.6) is 0 Å². The molecule has 0 saturated heterocycles. The molecule has 1 aliphatic rings. The Morgan fingerprint density at radius 2 is 1.97 bits per heavy atom. The smallest absolute Gasteiger partial charge is 0.286 e. The average molecular weight is 517 g/mol. The molecule has 2 aromatic heterocycles. The summed E-state index contributed by atoms with van der Waals surface area (Å²) in [6.07, 6.45) is 7.92. The highest BCUT2D eigenvalue weighted by Gasteiger charge is 2.45. The van der Waals surface area contributed by atoms with Crippen molar-refractivity contribution in [2.75, 3.05) is 26.4 Å². The van der Waals surface area contributed by atoms with Gasteiger partial charge in [-0.2, -0.15) is 0 Å². The minimum absolute atomic E-state index is 0.105. The van der Waals surface area contributed by atoms with Gasteiger partial charge in [0, 0.05) is 24.7 Å². The SMILES string of the molecule is CC(C)CC(C(=O)c1nnc(SCCN(C)C)o1)N(C=O)C1(NC(=O)c2cccnc2)CCCCC1. The van der Waals surface area contributed by atoms with Crippen LogP contribution in [0, 0.1) is 5.92 Å². The van der Waals surface area contributed by atoms with Gasteiger partial charge in [0.15, 0.2) is 0 Å². The first-order valence-electron chi connectivity index (χ1n) is 12.4. The molecule has 1 atom stereocenters. The summed E-state index contributed by atoms with van der Waals surface area (Å²) >= 11 is 1.38. The van der Waals surface area contributed by atoms with Crippen molar-refractivity contribution < 1.29 is 18.8 Å². The molecule has 1 N–H and O–H groups in total. The Morgan fingerprint density at radius 3 is 2.58 bits per heavy atom. The molecule has 1 saturated carbocycles. The average Bonchev–Trinajstić information content (AvgIpc) is 3.33. The number of Topliss-reactive ketones (excluding diaryl/α,β-unsaturated/α-hetero) is 1. The fraction of sp³-hybridized carbons (Fsp3) is 0.600. The molecule has 2 amide bonds. The van der Waals surface area contributed by atoms with E-state index in [1.807, 2.05) is 32.8 Å². The second kappa shape index (κ2) is 13.0. The van der Waals surface area contributed by atoms with Crippen molar-refractivity contribution in [2.45, 2.75) is 69.3 Å². The molecule has 2 heterocycles. The van der Waals surface area contributed by atoms with Crippen LogP contribution >= 0.6 is 11.8 Å². The molecule has 0 aromatic carbocycles. The predicted octanol–water partition coefficient (Wildman–Crippen LogP) is 3.26. The summed E-state index contributed by atoms with van der Waals surface area (Å²) in [5, 5.41) is 11.4. The maximum absolute atomic E-state index is 13.7. The first kappa shape index (κ1) is 27.8. The van der Waals surface area contributed by atoms with Gasteiger partial charge in [-0.1, -0.05) is 32.0 Å². The summed E-state index contributed by atoms with van der Waals surface area (Å²) in [6, 6.07) is 2.51. The second-order valence-electron chi connectivity index (χ2n) is 9.84. The van der Waals surface area contributed by atoms with Gasteiger partial charge in [-0.3, -0.25) is 19.4 Å². The third-order valence-corrected chi connectivity index (χ3v) is 7.07. The minimum Gasteiger partial charge on any atom is -0.408 e. The lowest BCUT2D eigenvalue weighted by Gasteiger charge is -2.48. The van der Waals surface area contributed by atoms with Crippen molar-refractivity contribution in [3.63, 3.8) is 0 Å². The van der Waals surface area contributed by atoms with Crippen molar-refractivity contribution in [1.82, 2.24) is 30.3 Å². The van der Waals surface area contributed by atoms with E-state index in [0.29, 0.717) is 36.5 Å². The Kier molecular flexibility index (Phi) is 10.0. The molecular weight excluding hydrogens is 480 g/mol. The summed E-state index contributed by atoms with van der Waals surface area (Å²) in [4.78, 5) is 47.0. The number of rotatable bonds is 13. The maximum Gasteiger partial charge on any atom is 0.286 e. The number of aromatic nitrogens is 3. The Labute approximate surface area is 216 Å². The Hall–Kier alpha value is -2.79. The van der Waals surface area contributed by atoms with E-state index in [4.69, 9.17) is 4.42 Å². The number of carbonyl (C=O) groups is 3. The number of hydrogen-bond donors (Lipinski definition) is 1. The molecular formula is C25H36N6O4S. The normalized spacial score (nSPS) is 16.1. The number of hydrogen-bond acceptors (Lipinski definition) is 9. The van der Waals surface area contributed by atoms with E-state index in [0.717, 1.165) is 31.6 Å². The van der Waals surface area contributed by atoms with Gasteiger partial charge in [0.1, 0.15) is 11.7 Å².